The molecule has 0 saturated carbocycles. The molecule has 3 aromatic carbocycles. The van der Waals surface area contributed by atoms with Crippen molar-refractivity contribution in [2.24, 2.45) is 0 Å². The minimum absolute atomic E-state index is 0.0306. The Bertz CT molecular complexity index is 1390. The maximum absolute atomic E-state index is 13.8. The SMILES string of the molecule is CCNC(=O)[C@H](C)N(Cc1ccccc1Cl)C(=O)CN(c1ccc(F)cc1)S(=O)(=O)c1ccc(OCC)cc1. The van der Waals surface area contributed by atoms with Gasteiger partial charge in [0, 0.05) is 18.1 Å². The number of rotatable bonds is 12. The van der Waals surface area contributed by atoms with E-state index in [1.165, 1.54) is 41.3 Å². The topological polar surface area (TPSA) is 96.0 Å². The average molecular weight is 576 g/mol. The number of benzene rings is 3. The van der Waals surface area contributed by atoms with Gasteiger partial charge in [-0.3, -0.25) is 13.9 Å². The number of likely N-dealkylation sites (N-methyl/N-ethyl adjacent to an activating group) is 1. The second-order valence-electron chi connectivity index (χ2n) is 8.58. The first kappa shape index (κ1) is 29.9. The lowest BCUT2D eigenvalue weighted by Gasteiger charge is -2.32. The van der Waals surface area contributed by atoms with Crippen molar-refractivity contribution < 1.29 is 27.1 Å². The van der Waals surface area contributed by atoms with E-state index in [0.29, 0.717) is 29.5 Å². The highest BCUT2D eigenvalue weighted by Gasteiger charge is 2.32. The normalized spacial score (nSPS) is 11.9. The fraction of sp³-hybridized carbons (Fsp3) is 0.286. The number of carbonyl (C=O) groups excluding carboxylic acids is 2. The van der Waals surface area contributed by atoms with Gasteiger partial charge in [-0.05, 0) is 80.9 Å². The number of ether oxygens (including phenoxy) is 1. The lowest BCUT2D eigenvalue weighted by molar-refractivity contribution is -0.139. The summed E-state index contributed by atoms with van der Waals surface area (Å²) in [6.07, 6.45) is 0. The van der Waals surface area contributed by atoms with Crippen molar-refractivity contribution in [1.29, 1.82) is 0 Å². The first-order valence-corrected chi connectivity index (χ1v) is 14.2. The van der Waals surface area contributed by atoms with Crippen molar-refractivity contribution in [2.75, 3.05) is 24.0 Å². The molecule has 0 fully saturated rings. The Labute approximate surface area is 233 Å². The number of anilines is 1. The highest BCUT2D eigenvalue weighted by atomic mass is 35.5. The highest BCUT2D eigenvalue weighted by molar-refractivity contribution is 7.92. The van der Waals surface area contributed by atoms with E-state index in [0.717, 1.165) is 16.4 Å². The molecular formula is C28H31ClFN3O5S. The monoisotopic (exact) mass is 575 g/mol. The maximum Gasteiger partial charge on any atom is 0.264 e. The van der Waals surface area contributed by atoms with Crippen molar-refractivity contribution in [3.05, 3.63) is 89.2 Å². The van der Waals surface area contributed by atoms with Crippen LogP contribution in [0, 0.1) is 5.82 Å². The van der Waals surface area contributed by atoms with Gasteiger partial charge in [-0.1, -0.05) is 29.8 Å². The third kappa shape index (κ3) is 7.48. The lowest BCUT2D eigenvalue weighted by atomic mass is 10.1. The molecule has 11 heteroatoms. The molecule has 0 aliphatic heterocycles. The molecule has 1 N–H and O–H groups in total. The summed E-state index contributed by atoms with van der Waals surface area (Å²) in [5, 5.41) is 3.09. The van der Waals surface area contributed by atoms with Crippen LogP contribution in [0.2, 0.25) is 5.02 Å². The Morgan fingerprint density at radius 3 is 2.23 bits per heavy atom. The molecule has 0 heterocycles. The summed E-state index contributed by atoms with van der Waals surface area (Å²) in [6.45, 7) is 5.21. The van der Waals surface area contributed by atoms with Crippen LogP contribution in [0.15, 0.2) is 77.7 Å². The van der Waals surface area contributed by atoms with E-state index in [4.69, 9.17) is 16.3 Å². The molecule has 208 valence electrons. The molecule has 3 aromatic rings. The summed E-state index contributed by atoms with van der Waals surface area (Å²) in [5.41, 5.74) is 0.674. The van der Waals surface area contributed by atoms with Gasteiger partial charge in [-0.2, -0.15) is 0 Å². The van der Waals surface area contributed by atoms with Crippen molar-refractivity contribution >= 4 is 39.1 Å². The van der Waals surface area contributed by atoms with Crippen LogP contribution in [-0.2, 0) is 26.2 Å². The molecule has 1 atom stereocenters. The fourth-order valence-corrected chi connectivity index (χ4v) is 5.46. The molecule has 0 aromatic heterocycles. The summed E-state index contributed by atoms with van der Waals surface area (Å²) in [6, 6.07) is 16.5. The third-order valence-electron chi connectivity index (χ3n) is 5.93. The zero-order valence-electron chi connectivity index (χ0n) is 21.9. The molecule has 39 heavy (non-hydrogen) atoms. The first-order chi connectivity index (χ1) is 18.6. The lowest BCUT2D eigenvalue weighted by Crippen LogP contribution is -2.51. The zero-order valence-corrected chi connectivity index (χ0v) is 23.5. The van der Waals surface area contributed by atoms with Crippen LogP contribution in [0.4, 0.5) is 10.1 Å². The van der Waals surface area contributed by atoms with E-state index in [1.54, 1.807) is 38.1 Å². The number of nitrogens with one attached hydrogen (secondary N) is 1. The zero-order chi connectivity index (χ0) is 28.6. The van der Waals surface area contributed by atoms with E-state index in [9.17, 15) is 22.4 Å². The standard InChI is InChI=1S/C28H31ClFN3O5S/c1-4-31-28(35)20(3)32(18-21-8-6-7-9-26(21)29)27(34)19-33(23-12-10-22(30)11-13-23)39(36,37)25-16-14-24(15-17-25)38-5-2/h6-17,20H,4-5,18-19H2,1-3H3,(H,31,35)/t20-/m0/s1. The number of amides is 2. The smallest absolute Gasteiger partial charge is 0.264 e. The summed E-state index contributed by atoms with van der Waals surface area (Å²) in [5.74, 6) is -1.12. The summed E-state index contributed by atoms with van der Waals surface area (Å²) in [4.78, 5) is 27.7. The van der Waals surface area contributed by atoms with Gasteiger partial charge in [0.05, 0.1) is 17.2 Å². The van der Waals surface area contributed by atoms with E-state index >= 15 is 0 Å². The first-order valence-electron chi connectivity index (χ1n) is 12.4. The number of hydrogen-bond acceptors (Lipinski definition) is 5. The van der Waals surface area contributed by atoms with Gasteiger partial charge >= 0.3 is 0 Å². The summed E-state index contributed by atoms with van der Waals surface area (Å²) < 4.78 is 47.6. The molecular weight excluding hydrogens is 545 g/mol. The molecule has 0 saturated heterocycles. The molecule has 3 rings (SSSR count). The van der Waals surface area contributed by atoms with Crippen LogP contribution in [0.5, 0.6) is 5.75 Å². The Kier molecular flexibility index (Phi) is 10.3. The molecule has 2 amide bonds. The molecule has 0 bridgehead atoms. The Morgan fingerprint density at radius 2 is 1.64 bits per heavy atom. The van der Waals surface area contributed by atoms with Crippen molar-refractivity contribution in [3.63, 3.8) is 0 Å². The number of halogens is 2. The molecule has 0 aliphatic carbocycles. The van der Waals surface area contributed by atoms with Gasteiger partial charge in [0.1, 0.15) is 24.2 Å². The van der Waals surface area contributed by atoms with Crippen molar-refractivity contribution in [1.82, 2.24) is 10.2 Å². The number of nitrogens with zero attached hydrogens (tertiary/aromatic N) is 2. The van der Waals surface area contributed by atoms with Gasteiger partial charge in [0.2, 0.25) is 11.8 Å². The quantitative estimate of drug-likeness (QED) is 0.340. The largest absolute Gasteiger partial charge is 0.494 e. The second-order valence-corrected chi connectivity index (χ2v) is 10.8. The maximum atomic E-state index is 13.8. The van der Waals surface area contributed by atoms with Crippen molar-refractivity contribution in [3.8, 4) is 5.75 Å². The number of sulfonamides is 1. The number of carbonyl (C=O) groups is 2. The second kappa shape index (κ2) is 13.4. The predicted molar refractivity (Wildman–Crippen MR) is 149 cm³/mol. The molecule has 0 spiro atoms. The molecule has 8 nitrogen and oxygen atoms in total. The van der Waals surface area contributed by atoms with Crippen molar-refractivity contribution in [2.45, 2.75) is 38.3 Å². The number of hydrogen-bond donors (Lipinski definition) is 1. The molecule has 0 radical (unpaired) electrons. The van der Waals surface area contributed by atoms with Crippen LogP contribution < -0.4 is 14.4 Å². The van der Waals surface area contributed by atoms with Crippen LogP contribution in [0.25, 0.3) is 0 Å². The third-order valence-corrected chi connectivity index (χ3v) is 8.09. The Balaban J connectivity index is 2.02. The predicted octanol–water partition coefficient (Wildman–Crippen LogP) is 4.63. The van der Waals surface area contributed by atoms with E-state index in [2.05, 4.69) is 5.32 Å². The minimum Gasteiger partial charge on any atom is -0.494 e. The molecule has 0 aliphatic rings. The van der Waals surface area contributed by atoms with Crippen LogP contribution in [0.3, 0.4) is 0 Å². The van der Waals surface area contributed by atoms with Gasteiger partial charge in [-0.25, -0.2) is 12.8 Å². The van der Waals surface area contributed by atoms with Gasteiger partial charge < -0.3 is 15.0 Å². The summed E-state index contributed by atoms with van der Waals surface area (Å²) in [7, 11) is -4.28. The van der Waals surface area contributed by atoms with E-state index in [1.807, 2.05) is 6.92 Å². The van der Waals surface area contributed by atoms with Crippen LogP contribution >= 0.6 is 11.6 Å². The summed E-state index contributed by atoms with van der Waals surface area (Å²) >= 11 is 6.33. The average Bonchev–Trinajstić information content (AvgIpc) is 2.92. The van der Waals surface area contributed by atoms with Gasteiger partial charge in [0.25, 0.3) is 10.0 Å². The Hall–Kier alpha value is -3.63. The molecule has 0 unspecified atom stereocenters. The highest BCUT2D eigenvalue weighted by Crippen LogP contribution is 2.27. The Morgan fingerprint density at radius 1 is 1.00 bits per heavy atom. The fourth-order valence-electron chi connectivity index (χ4n) is 3.85. The van der Waals surface area contributed by atoms with Crippen LogP contribution in [0.1, 0.15) is 26.3 Å². The van der Waals surface area contributed by atoms with Crippen LogP contribution in [-0.4, -0.2) is 50.9 Å². The van der Waals surface area contributed by atoms with Gasteiger partial charge in [-0.15, -0.1) is 0 Å². The van der Waals surface area contributed by atoms with E-state index in [-0.39, 0.29) is 17.1 Å². The van der Waals surface area contributed by atoms with E-state index < -0.39 is 40.2 Å². The van der Waals surface area contributed by atoms with Gasteiger partial charge in [0.15, 0.2) is 0 Å². The minimum atomic E-state index is -4.28.